The fourth-order valence-electron chi connectivity index (χ4n) is 2.71. The molecule has 3 heteroatoms. The third kappa shape index (κ3) is 2.74. The first-order valence-corrected chi connectivity index (χ1v) is 7.97. The van der Waals surface area contributed by atoms with E-state index in [2.05, 4.69) is 55.7 Å². The Bertz CT molecular complexity index is 615. The van der Waals surface area contributed by atoms with Crippen molar-refractivity contribution in [3.05, 3.63) is 51.2 Å². The zero-order chi connectivity index (χ0) is 14.2. The van der Waals surface area contributed by atoms with E-state index in [0.717, 1.165) is 25.3 Å². The number of fused-ring (bicyclic) bond motifs is 1. The van der Waals surface area contributed by atoms with E-state index in [-0.39, 0.29) is 5.60 Å². The standard InChI is InChI=1S/C17H21NOS/c1-12-7-8-20-15(12)11-18-10-14-6-4-5-13-9-17(2,3)19-16(13)14/h4-8,18H,9-11H2,1-3H3. The van der Waals surface area contributed by atoms with Crippen LogP contribution < -0.4 is 10.1 Å². The Kier molecular flexibility index (Phi) is 3.57. The summed E-state index contributed by atoms with van der Waals surface area (Å²) in [6.45, 7) is 8.25. The number of para-hydroxylation sites is 1. The highest BCUT2D eigenvalue weighted by molar-refractivity contribution is 7.10. The molecule has 1 aliphatic heterocycles. The van der Waals surface area contributed by atoms with Crippen molar-refractivity contribution in [1.29, 1.82) is 0 Å². The lowest BCUT2D eigenvalue weighted by Crippen LogP contribution is -2.25. The summed E-state index contributed by atoms with van der Waals surface area (Å²) in [6.07, 6.45) is 1.00. The predicted molar refractivity (Wildman–Crippen MR) is 84.5 cm³/mol. The molecular weight excluding hydrogens is 266 g/mol. The van der Waals surface area contributed by atoms with Crippen molar-refractivity contribution in [2.24, 2.45) is 0 Å². The van der Waals surface area contributed by atoms with Gasteiger partial charge in [0, 0.05) is 30.0 Å². The lowest BCUT2D eigenvalue weighted by molar-refractivity contribution is 0.137. The maximum atomic E-state index is 6.10. The molecule has 106 valence electrons. The molecule has 2 aromatic rings. The lowest BCUT2D eigenvalue weighted by Gasteiger charge is -2.18. The van der Waals surface area contributed by atoms with Gasteiger partial charge in [-0.05, 0) is 43.3 Å². The molecule has 2 nitrogen and oxygen atoms in total. The van der Waals surface area contributed by atoms with Crippen LogP contribution in [-0.4, -0.2) is 5.60 Å². The Balaban J connectivity index is 1.68. The van der Waals surface area contributed by atoms with Gasteiger partial charge in [0.25, 0.3) is 0 Å². The number of benzene rings is 1. The van der Waals surface area contributed by atoms with Gasteiger partial charge in [0.15, 0.2) is 0 Å². The summed E-state index contributed by atoms with van der Waals surface area (Å²) in [5.74, 6) is 1.09. The molecule has 0 atom stereocenters. The third-order valence-corrected chi connectivity index (χ3v) is 4.76. The van der Waals surface area contributed by atoms with Gasteiger partial charge >= 0.3 is 0 Å². The average Bonchev–Trinajstić information content (AvgIpc) is 2.92. The molecule has 0 radical (unpaired) electrons. The first kappa shape index (κ1) is 13.7. The largest absolute Gasteiger partial charge is 0.487 e. The zero-order valence-electron chi connectivity index (χ0n) is 12.3. The number of nitrogens with one attached hydrogen (secondary N) is 1. The van der Waals surface area contributed by atoms with Crippen LogP contribution in [0.3, 0.4) is 0 Å². The van der Waals surface area contributed by atoms with Gasteiger partial charge in [-0.3, -0.25) is 0 Å². The molecule has 2 heterocycles. The van der Waals surface area contributed by atoms with Crippen LogP contribution in [0.5, 0.6) is 5.75 Å². The maximum Gasteiger partial charge on any atom is 0.127 e. The van der Waals surface area contributed by atoms with E-state index in [9.17, 15) is 0 Å². The Morgan fingerprint density at radius 3 is 2.85 bits per heavy atom. The number of aryl methyl sites for hydroxylation is 1. The van der Waals surface area contributed by atoms with E-state index in [1.54, 1.807) is 0 Å². The maximum absolute atomic E-state index is 6.10. The Morgan fingerprint density at radius 1 is 1.25 bits per heavy atom. The summed E-state index contributed by atoms with van der Waals surface area (Å²) in [7, 11) is 0. The molecule has 0 saturated heterocycles. The van der Waals surface area contributed by atoms with Gasteiger partial charge in [0.05, 0.1) is 0 Å². The van der Waals surface area contributed by atoms with Crippen molar-refractivity contribution in [3.63, 3.8) is 0 Å². The molecule has 1 aromatic heterocycles. The summed E-state index contributed by atoms with van der Waals surface area (Å²) in [5.41, 5.74) is 3.91. The fourth-order valence-corrected chi connectivity index (χ4v) is 3.59. The molecule has 20 heavy (non-hydrogen) atoms. The second-order valence-electron chi connectivity index (χ2n) is 6.07. The minimum atomic E-state index is -0.0667. The first-order valence-electron chi connectivity index (χ1n) is 7.09. The van der Waals surface area contributed by atoms with Crippen LogP contribution in [0.1, 0.15) is 35.4 Å². The zero-order valence-corrected chi connectivity index (χ0v) is 13.1. The minimum Gasteiger partial charge on any atom is -0.487 e. The van der Waals surface area contributed by atoms with Crippen LogP contribution in [0.25, 0.3) is 0 Å². The molecule has 1 N–H and O–H groups in total. The molecule has 3 rings (SSSR count). The number of rotatable bonds is 4. The van der Waals surface area contributed by atoms with E-state index in [1.807, 2.05) is 11.3 Å². The summed E-state index contributed by atoms with van der Waals surface area (Å²) in [5, 5.41) is 5.68. The van der Waals surface area contributed by atoms with E-state index in [0.29, 0.717) is 0 Å². The number of thiophene rings is 1. The van der Waals surface area contributed by atoms with E-state index < -0.39 is 0 Å². The molecule has 0 saturated carbocycles. The minimum absolute atomic E-state index is 0.0667. The van der Waals surface area contributed by atoms with Crippen molar-refractivity contribution in [2.75, 3.05) is 0 Å². The quantitative estimate of drug-likeness (QED) is 0.915. The van der Waals surface area contributed by atoms with Crippen molar-refractivity contribution in [1.82, 2.24) is 5.32 Å². The highest BCUT2D eigenvalue weighted by Gasteiger charge is 2.31. The van der Waals surface area contributed by atoms with Gasteiger partial charge in [-0.25, -0.2) is 0 Å². The lowest BCUT2D eigenvalue weighted by atomic mass is 10.0. The van der Waals surface area contributed by atoms with E-state index in [4.69, 9.17) is 4.74 Å². The molecule has 1 aliphatic rings. The van der Waals surface area contributed by atoms with Crippen LogP contribution >= 0.6 is 11.3 Å². The van der Waals surface area contributed by atoms with Crippen molar-refractivity contribution in [3.8, 4) is 5.75 Å². The number of ether oxygens (including phenoxy) is 1. The van der Waals surface area contributed by atoms with Gasteiger partial charge < -0.3 is 10.1 Å². The van der Waals surface area contributed by atoms with Crippen LogP contribution in [0, 0.1) is 6.92 Å². The monoisotopic (exact) mass is 287 g/mol. The summed E-state index contributed by atoms with van der Waals surface area (Å²) >= 11 is 1.82. The Morgan fingerprint density at radius 2 is 2.10 bits per heavy atom. The van der Waals surface area contributed by atoms with Crippen LogP contribution in [0.15, 0.2) is 29.6 Å². The van der Waals surface area contributed by atoms with Crippen LogP contribution in [0.2, 0.25) is 0 Å². The smallest absolute Gasteiger partial charge is 0.127 e. The molecule has 0 fully saturated rings. The third-order valence-electron chi connectivity index (χ3n) is 3.74. The fraction of sp³-hybridized carbons (Fsp3) is 0.412. The van der Waals surface area contributed by atoms with Crippen molar-refractivity contribution in [2.45, 2.75) is 45.9 Å². The normalized spacial score (nSPS) is 15.9. The van der Waals surface area contributed by atoms with Gasteiger partial charge in [0.1, 0.15) is 11.4 Å². The summed E-state index contributed by atoms with van der Waals surface area (Å²) in [4.78, 5) is 1.42. The van der Waals surface area contributed by atoms with Crippen molar-refractivity contribution < 1.29 is 4.74 Å². The second-order valence-corrected chi connectivity index (χ2v) is 7.07. The van der Waals surface area contributed by atoms with E-state index in [1.165, 1.54) is 21.6 Å². The Hall–Kier alpha value is -1.32. The SMILES string of the molecule is Cc1ccsc1CNCc1cccc2c1OC(C)(C)C2. The number of hydrogen-bond acceptors (Lipinski definition) is 3. The molecule has 0 bridgehead atoms. The summed E-state index contributed by atoms with van der Waals surface area (Å²) < 4.78 is 6.10. The summed E-state index contributed by atoms with van der Waals surface area (Å²) in [6, 6.07) is 8.65. The topological polar surface area (TPSA) is 21.3 Å². The number of hydrogen-bond donors (Lipinski definition) is 1. The van der Waals surface area contributed by atoms with Gasteiger partial charge in [-0.1, -0.05) is 18.2 Å². The first-order chi connectivity index (χ1) is 9.55. The highest BCUT2D eigenvalue weighted by Crippen LogP contribution is 2.37. The average molecular weight is 287 g/mol. The molecule has 0 aliphatic carbocycles. The second kappa shape index (κ2) is 5.23. The molecule has 0 spiro atoms. The van der Waals surface area contributed by atoms with Gasteiger partial charge in [-0.15, -0.1) is 11.3 Å². The molecule has 1 aromatic carbocycles. The molecule has 0 unspecified atom stereocenters. The predicted octanol–water partition coefficient (Wildman–Crippen LogP) is 4.06. The Labute approximate surface area is 124 Å². The van der Waals surface area contributed by atoms with Crippen molar-refractivity contribution >= 4 is 11.3 Å². The molecule has 0 amide bonds. The van der Waals surface area contributed by atoms with Crippen LogP contribution in [-0.2, 0) is 19.5 Å². The van der Waals surface area contributed by atoms with Gasteiger partial charge in [0.2, 0.25) is 0 Å². The van der Waals surface area contributed by atoms with E-state index >= 15 is 0 Å². The highest BCUT2D eigenvalue weighted by atomic mass is 32.1. The molecular formula is C17H21NOS. The van der Waals surface area contributed by atoms with Crippen LogP contribution in [0.4, 0.5) is 0 Å². The van der Waals surface area contributed by atoms with Gasteiger partial charge in [-0.2, -0.15) is 0 Å².